The first-order valence-electron chi connectivity index (χ1n) is 6.90. The van der Waals surface area contributed by atoms with Crippen molar-refractivity contribution < 1.29 is 4.74 Å². The molecule has 3 nitrogen and oxygen atoms in total. The molecule has 2 rings (SSSR count). The summed E-state index contributed by atoms with van der Waals surface area (Å²) in [7, 11) is 0. The number of anilines is 1. The summed E-state index contributed by atoms with van der Waals surface area (Å²) in [5, 5.41) is 9.94. The first-order valence-corrected chi connectivity index (χ1v) is 7.71. The first kappa shape index (κ1) is 16.0. The predicted molar refractivity (Wildman–Crippen MR) is 81.3 cm³/mol. The quantitative estimate of drug-likeness (QED) is 0.843. The van der Waals surface area contributed by atoms with Crippen LogP contribution in [0.4, 0.5) is 5.00 Å². The van der Waals surface area contributed by atoms with E-state index in [1.54, 1.807) is 0 Å². The molecule has 106 valence electrons. The van der Waals surface area contributed by atoms with Gasteiger partial charge in [-0.2, -0.15) is 5.26 Å². The molecule has 4 heteroatoms. The van der Waals surface area contributed by atoms with Gasteiger partial charge in [0.25, 0.3) is 0 Å². The fourth-order valence-electron chi connectivity index (χ4n) is 2.47. The lowest BCUT2D eigenvalue weighted by molar-refractivity contribution is 0.110. The molecule has 2 N–H and O–H groups in total. The molecule has 1 aromatic rings. The average molecular weight is 280 g/mol. The highest BCUT2D eigenvalue weighted by Crippen LogP contribution is 2.46. The third kappa shape index (κ3) is 2.77. The molecule has 1 aliphatic heterocycles. The Morgan fingerprint density at radius 1 is 1.42 bits per heavy atom. The van der Waals surface area contributed by atoms with Crippen molar-refractivity contribution in [1.29, 1.82) is 5.26 Å². The number of nitrogen functional groups attached to an aromatic ring is 1. The van der Waals surface area contributed by atoms with Gasteiger partial charge in [0.15, 0.2) is 0 Å². The maximum Gasteiger partial charge on any atom is 0.104 e. The second kappa shape index (κ2) is 6.40. The summed E-state index contributed by atoms with van der Waals surface area (Å²) >= 11 is 1.50. The highest BCUT2D eigenvalue weighted by molar-refractivity contribution is 7.16. The molecule has 1 atom stereocenters. The van der Waals surface area contributed by atoms with Crippen molar-refractivity contribution in [2.45, 2.75) is 53.1 Å². The number of nitrogens with zero attached hydrogens (tertiary/aromatic N) is 1. The Bertz CT molecular complexity index is 473. The van der Waals surface area contributed by atoms with Gasteiger partial charge in [-0.1, -0.05) is 34.6 Å². The summed E-state index contributed by atoms with van der Waals surface area (Å²) in [5.74, 6) is 0.462. The molecule has 0 bridgehead atoms. The summed E-state index contributed by atoms with van der Waals surface area (Å²) < 4.78 is 5.62. The number of rotatable bonds is 1. The molecule has 0 amide bonds. The van der Waals surface area contributed by atoms with Crippen LogP contribution in [0.2, 0.25) is 0 Å². The maximum absolute atomic E-state index is 9.31. The molecule has 0 spiro atoms. The average Bonchev–Trinajstić information content (AvgIpc) is 2.63. The number of fused-ring (bicyclic) bond motifs is 1. The van der Waals surface area contributed by atoms with Crippen molar-refractivity contribution >= 4 is 16.3 Å². The predicted octanol–water partition coefficient (Wildman–Crippen LogP) is 4.06. The minimum atomic E-state index is -0.00891. The van der Waals surface area contributed by atoms with Crippen LogP contribution in [0.1, 0.15) is 57.0 Å². The molecule has 2 heterocycles. The van der Waals surface area contributed by atoms with Crippen molar-refractivity contribution in [3.63, 3.8) is 0 Å². The zero-order valence-corrected chi connectivity index (χ0v) is 13.4. The Morgan fingerprint density at radius 3 is 2.58 bits per heavy atom. The Kier molecular flexibility index (Phi) is 5.39. The van der Waals surface area contributed by atoms with Gasteiger partial charge in [0, 0.05) is 11.5 Å². The Labute approximate surface area is 120 Å². The van der Waals surface area contributed by atoms with Crippen LogP contribution in [-0.2, 0) is 16.8 Å². The molecule has 0 aliphatic carbocycles. The van der Waals surface area contributed by atoms with Gasteiger partial charge >= 0.3 is 0 Å². The van der Waals surface area contributed by atoms with Crippen LogP contribution in [0.3, 0.4) is 0 Å². The molecule has 1 aromatic heterocycles. The van der Waals surface area contributed by atoms with Crippen molar-refractivity contribution in [3.05, 3.63) is 16.0 Å². The Hall–Kier alpha value is -1.05. The lowest BCUT2D eigenvalue weighted by Gasteiger charge is -2.33. The van der Waals surface area contributed by atoms with Gasteiger partial charge in [-0.3, -0.25) is 0 Å². The first-order chi connectivity index (χ1) is 9.00. The lowest BCUT2D eigenvalue weighted by Crippen LogP contribution is -2.30. The van der Waals surface area contributed by atoms with E-state index < -0.39 is 0 Å². The molecule has 0 saturated heterocycles. The highest BCUT2D eigenvalue weighted by atomic mass is 32.1. The van der Waals surface area contributed by atoms with Crippen LogP contribution < -0.4 is 5.73 Å². The van der Waals surface area contributed by atoms with E-state index in [2.05, 4.69) is 26.8 Å². The van der Waals surface area contributed by atoms with E-state index >= 15 is 0 Å². The van der Waals surface area contributed by atoms with Gasteiger partial charge in [0.2, 0.25) is 0 Å². The number of thiophene rings is 1. The molecular formula is C15H24N2OS. The second-order valence-corrected chi connectivity index (χ2v) is 6.26. The molecule has 0 aromatic carbocycles. The van der Waals surface area contributed by atoms with Gasteiger partial charge in [0.05, 0.1) is 12.2 Å². The van der Waals surface area contributed by atoms with E-state index in [0.717, 1.165) is 23.5 Å². The van der Waals surface area contributed by atoms with E-state index in [1.807, 2.05) is 13.8 Å². The van der Waals surface area contributed by atoms with Crippen molar-refractivity contribution in [2.24, 2.45) is 5.92 Å². The standard InChI is InChI=1S/C13H18N2OS.C2H6/c1-8(2)13(3)4-5-16-7-10-11(13)9(6-14)12(15)17-10;1-2/h8H,4-5,7,15H2,1-3H3;1-2H3. The van der Waals surface area contributed by atoms with E-state index in [0.29, 0.717) is 23.1 Å². The fourth-order valence-corrected chi connectivity index (χ4v) is 3.56. The zero-order valence-electron chi connectivity index (χ0n) is 12.5. The summed E-state index contributed by atoms with van der Waals surface area (Å²) in [4.78, 5) is 1.13. The molecule has 0 radical (unpaired) electrons. The Morgan fingerprint density at radius 2 is 2.05 bits per heavy atom. The van der Waals surface area contributed by atoms with Crippen molar-refractivity contribution in [2.75, 3.05) is 12.3 Å². The van der Waals surface area contributed by atoms with Crippen LogP contribution in [0.15, 0.2) is 0 Å². The van der Waals surface area contributed by atoms with Gasteiger partial charge in [-0.25, -0.2) is 0 Å². The summed E-state index contributed by atoms with van der Waals surface area (Å²) in [5.41, 5.74) is 7.74. The minimum absolute atomic E-state index is 0.00891. The number of nitrogens with two attached hydrogens (primary N) is 1. The number of nitriles is 1. The van der Waals surface area contributed by atoms with Crippen LogP contribution >= 0.6 is 11.3 Å². The maximum atomic E-state index is 9.31. The third-order valence-electron chi connectivity index (χ3n) is 3.96. The summed E-state index contributed by atoms with van der Waals surface area (Å²) in [6.45, 7) is 12.0. The van der Waals surface area contributed by atoms with E-state index in [-0.39, 0.29) is 5.41 Å². The van der Waals surface area contributed by atoms with Crippen LogP contribution in [0, 0.1) is 17.2 Å². The SMILES string of the molecule is CC.CC(C)C1(C)CCOCc2sc(N)c(C#N)c21. The molecule has 19 heavy (non-hydrogen) atoms. The zero-order chi connectivity index (χ0) is 14.6. The molecule has 0 saturated carbocycles. The van der Waals surface area contributed by atoms with Crippen LogP contribution in [-0.4, -0.2) is 6.61 Å². The van der Waals surface area contributed by atoms with E-state index in [9.17, 15) is 5.26 Å². The normalized spacial score (nSPS) is 21.9. The lowest BCUT2D eigenvalue weighted by atomic mass is 9.70. The molecule has 0 fully saturated rings. The number of ether oxygens (including phenoxy) is 1. The smallest absolute Gasteiger partial charge is 0.104 e. The second-order valence-electron chi connectivity index (χ2n) is 5.13. The number of hydrogen-bond acceptors (Lipinski definition) is 4. The van der Waals surface area contributed by atoms with Gasteiger partial charge in [-0.05, 0) is 23.3 Å². The molecular weight excluding hydrogens is 256 g/mol. The Balaban J connectivity index is 0.000000861. The monoisotopic (exact) mass is 280 g/mol. The summed E-state index contributed by atoms with van der Waals surface area (Å²) in [6, 6.07) is 2.27. The summed E-state index contributed by atoms with van der Waals surface area (Å²) in [6.07, 6.45) is 0.947. The molecule has 1 unspecified atom stereocenters. The van der Waals surface area contributed by atoms with Gasteiger partial charge in [-0.15, -0.1) is 11.3 Å². The largest absolute Gasteiger partial charge is 0.389 e. The highest BCUT2D eigenvalue weighted by Gasteiger charge is 2.38. The fraction of sp³-hybridized carbons (Fsp3) is 0.667. The van der Waals surface area contributed by atoms with Gasteiger partial charge in [0.1, 0.15) is 11.1 Å². The van der Waals surface area contributed by atoms with Crippen LogP contribution in [0.5, 0.6) is 0 Å². The van der Waals surface area contributed by atoms with E-state index in [1.165, 1.54) is 11.3 Å². The molecule has 1 aliphatic rings. The minimum Gasteiger partial charge on any atom is -0.389 e. The topological polar surface area (TPSA) is 59.0 Å². The van der Waals surface area contributed by atoms with Crippen LogP contribution in [0.25, 0.3) is 0 Å². The third-order valence-corrected chi connectivity index (χ3v) is 4.96. The number of hydrogen-bond donors (Lipinski definition) is 1. The van der Waals surface area contributed by atoms with E-state index in [4.69, 9.17) is 10.5 Å². The van der Waals surface area contributed by atoms with Crippen molar-refractivity contribution in [1.82, 2.24) is 0 Å². The van der Waals surface area contributed by atoms with Crippen molar-refractivity contribution in [3.8, 4) is 6.07 Å². The van der Waals surface area contributed by atoms with Gasteiger partial charge < -0.3 is 10.5 Å².